The Balaban J connectivity index is 0.630. The molecule has 5 aromatic carbocycles. The van der Waals surface area contributed by atoms with Crippen LogP contribution in [0, 0.1) is 22.7 Å². The quantitative estimate of drug-likeness (QED) is 0.0105. The lowest BCUT2D eigenvalue weighted by atomic mass is 9.34. The fraction of sp³-hybridized carbons (Fsp3) is 0.513. The third-order valence-electron chi connectivity index (χ3n) is 20.4. The van der Waals surface area contributed by atoms with Gasteiger partial charge < -0.3 is 88.6 Å². The number of hydrogen-bond acceptors (Lipinski definition) is 20. The molecule has 0 spiro atoms. The van der Waals surface area contributed by atoms with Crippen LogP contribution in [-0.4, -0.2) is 236 Å². The van der Waals surface area contributed by atoms with E-state index in [0.29, 0.717) is 118 Å². The van der Waals surface area contributed by atoms with Gasteiger partial charge in [-0.15, -0.1) is 23.2 Å². The van der Waals surface area contributed by atoms with E-state index in [2.05, 4.69) is 16.0 Å². The van der Waals surface area contributed by atoms with Crippen LogP contribution in [0.1, 0.15) is 87.3 Å². The second-order valence-electron chi connectivity index (χ2n) is 28.9. The zero-order valence-electron chi connectivity index (χ0n) is 63.1. The predicted molar refractivity (Wildman–Crippen MR) is 413 cm³/mol. The van der Waals surface area contributed by atoms with Crippen molar-refractivity contribution in [1.82, 2.24) is 25.3 Å². The van der Waals surface area contributed by atoms with E-state index in [0.717, 1.165) is 33.5 Å². The molecule has 0 radical (unpaired) electrons. The number of halogens is 2. The molecular formula is C78H98Cl2N9O21P. The Hall–Kier alpha value is -8.81. The normalized spacial score (nSPS) is 19.1. The molecule has 11 rings (SSSR count). The molecule has 3 fully saturated rings. The van der Waals surface area contributed by atoms with Gasteiger partial charge in [0.15, 0.2) is 5.78 Å². The molecule has 3 aliphatic carbocycles. The van der Waals surface area contributed by atoms with Crippen LogP contribution in [0.3, 0.4) is 0 Å². The third kappa shape index (κ3) is 21.5. The zero-order chi connectivity index (χ0) is 79.6. The number of ketones is 1. The number of nitrogens with one attached hydrogen (secondary N) is 3. The number of benzene rings is 5. The standard InChI is InChI=1S/C78H98Cl2N9O21P/c1-50(2)70(84-65(91)22-27-102-29-31-104-33-35-106-37-38-107-36-34-105-32-30-103-28-26-87-66(92)20-21-67(87)93)62(90)39-52(11-10-23-82-74(81)97)71(94)83-55-18-16-51(17-19-55)46-108-75(98)85(3)24-25-86(4)76(99)109-63-40-60-68(58-14-8-6-12-56(58)63)53(42-79)44-88(60)72(95)77-47-78(48-77,49-77)73(96)89-45-54(43-80)69-59-15-9-7-13-57(59)64(41-61(69)89)110-111(5,100)101/h6-9,12-21,40-41,50,52-54,70H,10-11,22-39,42-49H2,1-5H3,(H,83,94)(H,84,91)(H,100,101)(H3,81,82,97)/t52-,53-,54-,70+,77?,78?/m1/s1. The van der Waals surface area contributed by atoms with Gasteiger partial charge in [0.1, 0.15) is 18.1 Å². The van der Waals surface area contributed by atoms with Crippen LogP contribution < -0.4 is 40.7 Å². The van der Waals surface area contributed by atoms with Gasteiger partial charge in [-0.05, 0) is 77.6 Å². The molecule has 0 saturated heterocycles. The second kappa shape index (κ2) is 39.1. The molecule has 3 saturated carbocycles. The van der Waals surface area contributed by atoms with E-state index in [-0.39, 0.29) is 155 Å². The maximum atomic E-state index is 15.0. The lowest BCUT2D eigenvalue weighted by Crippen LogP contribution is -2.73. The Morgan fingerprint density at radius 1 is 0.649 bits per heavy atom. The second-order valence-corrected chi connectivity index (χ2v) is 31.3. The summed E-state index contributed by atoms with van der Waals surface area (Å²) in [7, 11) is -0.935. The first-order valence-electron chi connectivity index (χ1n) is 37.2. The molecule has 33 heteroatoms. The van der Waals surface area contributed by atoms with E-state index in [9.17, 15) is 57.4 Å². The Bertz CT molecular complexity index is 4260. The molecular weight excluding hydrogens is 1500 g/mol. The number of likely N-dealkylation sites (N-methyl/N-ethyl adjacent to an activating group) is 2. The number of amides is 10. The average Bonchev–Trinajstić information content (AvgIpc) is 1.65. The number of rotatable bonds is 44. The van der Waals surface area contributed by atoms with Crippen molar-refractivity contribution in [1.29, 1.82) is 0 Å². The lowest BCUT2D eigenvalue weighted by Gasteiger charge is -2.69. The Morgan fingerprint density at radius 3 is 1.60 bits per heavy atom. The third-order valence-corrected chi connectivity index (χ3v) is 21.7. The van der Waals surface area contributed by atoms with Gasteiger partial charge in [-0.1, -0.05) is 74.5 Å². The van der Waals surface area contributed by atoms with Gasteiger partial charge in [0.25, 0.3) is 11.8 Å². The monoisotopic (exact) mass is 1600 g/mol. The summed E-state index contributed by atoms with van der Waals surface area (Å²) in [6.45, 7) is 9.09. The molecule has 3 aliphatic heterocycles. The van der Waals surface area contributed by atoms with E-state index < -0.39 is 60.4 Å². The van der Waals surface area contributed by atoms with E-state index in [1.165, 1.54) is 36.0 Å². The fourth-order valence-corrected chi connectivity index (χ4v) is 15.8. The number of hydrogen-bond donors (Lipinski definition) is 5. The van der Waals surface area contributed by atoms with Crippen molar-refractivity contribution in [2.75, 3.05) is 166 Å². The van der Waals surface area contributed by atoms with E-state index in [4.69, 9.17) is 71.4 Å². The summed E-state index contributed by atoms with van der Waals surface area (Å²) in [4.78, 5) is 150. The maximum Gasteiger partial charge on any atom is 0.415 e. The number of ether oxygens (including phenoxy) is 8. The van der Waals surface area contributed by atoms with Crippen molar-refractivity contribution in [2.45, 2.75) is 83.3 Å². The molecule has 1 unspecified atom stereocenters. The minimum absolute atomic E-state index is 0.0284. The van der Waals surface area contributed by atoms with Gasteiger partial charge in [-0.2, -0.15) is 0 Å². The molecule has 111 heavy (non-hydrogen) atoms. The molecule has 6 aliphatic rings. The molecule has 3 heterocycles. The van der Waals surface area contributed by atoms with Crippen LogP contribution in [0.15, 0.2) is 97.1 Å². The number of primary amides is 1. The number of urea groups is 1. The SMILES string of the molecule is CC(C)[C@H](NC(=O)CCOCCOCCOCCOCCOCCOCCN1C(=O)C=CC1=O)C(=O)C[C@@H](CCCNC(N)=O)C(=O)Nc1ccc(COC(=O)N(C)CCN(C)C(=O)Oc2cc3c(c4ccccc24)[C@H](CCl)CN3C(=O)C23CC(C(=O)N4C[C@@H](CCl)c5c4cc(OP(C)(=O)O)c4ccccc54)(C2)C3)cc1. The lowest BCUT2D eigenvalue weighted by molar-refractivity contribution is -0.205. The summed E-state index contributed by atoms with van der Waals surface area (Å²) in [5.74, 6) is -3.04. The van der Waals surface area contributed by atoms with Crippen molar-refractivity contribution < 1.29 is 99.8 Å². The summed E-state index contributed by atoms with van der Waals surface area (Å²) in [5.41, 5.74) is 7.47. The van der Waals surface area contributed by atoms with Gasteiger partial charge in [-0.3, -0.25) is 38.5 Å². The summed E-state index contributed by atoms with van der Waals surface area (Å²) in [6, 6.07) is 23.0. The highest BCUT2D eigenvalue weighted by molar-refractivity contribution is 7.52. The number of alkyl halides is 2. The summed E-state index contributed by atoms with van der Waals surface area (Å²) in [5, 5.41) is 11.0. The summed E-state index contributed by atoms with van der Waals surface area (Å²) < 4.78 is 62.9. The summed E-state index contributed by atoms with van der Waals surface area (Å²) in [6.07, 6.45) is 2.28. The molecule has 5 atom stereocenters. The van der Waals surface area contributed by atoms with E-state index in [1.807, 2.05) is 42.5 Å². The summed E-state index contributed by atoms with van der Waals surface area (Å²) >= 11 is 13.2. The number of nitrogens with two attached hydrogens (primary N) is 1. The minimum atomic E-state index is -3.99. The van der Waals surface area contributed by atoms with Crippen molar-refractivity contribution >= 4 is 129 Å². The Morgan fingerprint density at radius 2 is 1.12 bits per heavy atom. The van der Waals surface area contributed by atoms with Gasteiger partial charge in [0.2, 0.25) is 23.6 Å². The van der Waals surface area contributed by atoms with E-state index in [1.54, 1.807) is 66.1 Å². The minimum Gasteiger partial charge on any atom is -0.445 e. The number of carbonyl (C=O) groups is 10. The molecule has 0 aromatic heterocycles. The highest BCUT2D eigenvalue weighted by Gasteiger charge is 2.76. The van der Waals surface area contributed by atoms with Crippen LogP contribution in [0.25, 0.3) is 21.5 Å². The van der Waals surface area contributed by atoms with Crippen LogP contribution in [-0.2, 0) is 77.9 Å². The Labute approximate surface area is 653 Å². The number of nitrogens with zero attached hydrogens (tertiary/aromatic N) is 5. The fourth-order valence-electron chi connectivity index (χ4n) is 14.8. The average molecular weight is 1600 g/mol. The molecule has 600 valence electrons. The van der Waals surface area contributed by atoms with Gasteiger partial charge in [0.05, 0.1) is 114 Å². The maximum absolute atomic E-state index is 15.0. The predicted octanol–water partition coefficient (Wildman–Crippen LogP) is 8.61. The highest BCUT2D eigenvalue weighted by atomic mass is 35.5. The number of Topliss-reactive ketones (excluding diaryl/α,β-unsaturated/α-hetero) is 1. The number of carbonyl (C=O) groups excluding carboxylic acids is 10. The van der Waals surface area contributed by atoms with Crippen molar-refractivity contribution in [2.24, 2.45) is 28.4 Å². The highest BCUT2D eigenvalue weighted by Crippen LogP contribution is 2.75. The van der Waals surface area contributed by atoms with Crippen molar-refractivity contribution in [3.05, 3.63) is 114 Å². The molecule has 10 amide bonds. The first-order valence-corrected chi connectivity index (χ1v) is 40.3. The van der Waals surface area contributed by atoms with Gasteiger partial charge >= 0.3 is 25.8 Å². The first-order chi connectivity index (χ1) is 53.2. The number of imide groups is 1. The first kappa shape index (κ1) is 84.6. The van der Waals surface area contributed by atoms with Gasteiger partial charge in [0, 0.05) is 137 Å². The van der Waals surface area contributed by atoms with Crippen LogP contribution in [0.5, 0.6) is 11.5 Å². The van der Waals surface area contributed by atoms with E-state index >= 15 is 0 Å². The Kier molecular flexibility index (Phi) is 29.8. The number of fused-ring (bicyclic) bond motifs is 6. The smallest absolute Gasteiger partial charge is 0.415 e. The van der Waals surface area contributed by atoms with Gasteiger partial charge in [-0.25, -0.2) is 18.9 Å². The van der Waals surface area contributed by atoms with Crippen LogP contribution in [0.2, 0.25) is 0 Å². The van der Waals surface area contributed by atoms with Crippen LogP contribution in [0.4, 0.5) is 31.4 Å². The number of anilines is 3. The molecule has 2 bridgehead atoms. The largest absolute Gasteiger partial charge is 0.445 e. The zero-order valence-corrected chi connectivity index (χ0v) is 65.5. The molecule has 30 nitrogen and oxygen atoms in total. The topological polar surface area (TPSA) is 369 Å². The van der Waals surface area contributed by atoms with Crippen molar-refractivity contribution in [3.63, 3.8) is 0 Å². The van der Waals surface area contributed by atoms with Crippen molar-refractivity contribution in [3.8, 4) is 11.5 Å². The molecule has 5 aromatic rings. The van der Waals surface area contributed by atoms with Crippen LogP contribution >= 0.6 is 30.8 Å². The molecule has 6 N–H and O–H groups in total.